The van der Waals surface area contributed by atoms with Gasteiger partial charge in [0, 0.05) is 43.9 Å². The van der Waals surface area contributed by atoms with Crippen molar-refractivity contribution in [1.82, 2.24) is 14.9 Å². The van der Waals surface area contributed by atoms with Gasteiger partial charge in [0.2, 0.25) is 17.7 Å². The molecule has 2 unspecified atom stereocenters. The van der Waals surface area contributed by atoms with Crippen LogP contribution < -0.4 is 10.5 Å². The third-order valence-corrected chi connectivity index (χ3v) is 5.28. The van der Waals surface area contributed by atoms with Crippen LogP contribution in [-0.4, -0.2) is 47.0 Å². The molecule has 1 N–H and O–H groups in total. The van der Waals surface area contributed by atoms with E-state index in [9.17, 15) is 14.0 Å². The van der Waals surface area contributed by atoms with Crippen LogP contribution in [0.3, 0.4) is 0 Å². The number of halogens is 1. The SMILES string of the molecule is CCc1nc(N2CC3CN(C(=O)C4CC4)CC3C2)[nH]c(=O)c1F. The van der Waals surface area contributed by atoms with Crippen LogP contribution in [0.15, 0.2) is 4.79 Å². The van der Waals surface area contributed by atoms with Gasteiger partial charge in [-0.25, -0.2) is 4.98 Å². The summed E-state index contributed by atoms with van der Waals surface area (Å²) in [7, 11) is 0. The number of H-pyrrole nitrogens is 1. The molecule has 0 bridgehead atoms. The molecule has 3 fully saturated rings. The van der Waals surface area contributed by atoms with Gasteiger partial charge in [0.1, 0.15) is 0 Å². The average molecular weight is 320 g/mol. The van der Waals surface area contributed by atoms with E-state index in [1.165, 1.54) is 0 Å². The number of nitrogens with one attached hydrogen (secondary N) is 1. The van der Waals surface area contributed by atoms with E-state index in [1.807, 2.05) is 9.80 Å². The van der Waals surface area contributed by atoms with Gasteiger partial charge in [-0.3, -0.25) is 14.6 Å². The molecule has 6 nitrogen and oxygen atoms in total. The molecule has 1 aromatic heterocycles. The first kappa shape index (κ1) is 14.7. The highest BCUT2D eigenvalue weighted by Gasteiger charge is 2.45. The van der Waals surface area contributed by atoms with Crippen LogP contribution >= 0.6 is 0 Å². The number of aromatic nitrogens is 2. The van der Waals surface area contributed by atoms with E-state index in [0.29, 0.717) is 30.1 Å². The van der Waals surface area contributed by atoms with Gasteiger partial charge in [-0.1, -0.05) is 6.92 Å². The summed E-state index contributed by atoms with van der Waals surface area (Å²) in [6.45, 7) is 4.90. The topological polar surface area (TPSA) is 69.3 Å². The maximum atomic E-state index is 13.7. The molecular weight excluding hydrogens is 299 g/mol. The van der Waals surface area contributed by atoms with Crippen molar-refractivity contribution in [3.05, 3.63) is 21.9 Å². The molecule has 4 rings (SSSR count). The maximum absolute atomic E-state index is 13.7. The molecule has 7 heteroatoms. The highest BCUT2D eigenvalue weighted by molar-refractivity contribution is 5.81. The first-order valence-electron chi connectivity index (χ1n) is 8.39. The summed E-state index contributed by atoms with van der Waals surface area (Å²) in [4.78, 5) is 34.7. The Balaban J connectivity index is 1.47. The third kappa shape index (κ3) is 2.52. The fourth-order valence-electron chi connectivity index (χ4n) is 3.81. The maximum Gasteiger partial charge on any atom is 0.288 e. The van der Waals surface area contributed by atoms with Crippen LogP contribution in [0.4, 0.5) is 10.3 Å². The lowest BCUT2D eigenvalue weighted by molar-refractivity contribution is -0.131. The lowest BCUT2D eigenvalue weighted by Crippen LogP contribution is -2.35. The molecule has 3 heterocycles. The molecule has 3 aliphatic rings. The quantitative estimate of drug-likeness (QED) is 0.893. The second-order valence-corrected chi connectivity index (χ2v) is 6.95. The molecule has 1 aromatic rings. The second kappa shape index (κ2) is 5.32. The van der Waals surface area contributed by atoms with E-state index in [2.05, 4.69) is 9.97 Å². The number of aryl methyl sites for hydroxylation is 1. The molecule has 23 heavy (non-hydrogen) atoms. The standard InChI is InChI=1S/C16H21FN4O2/c1-2-12-13(17)14(22)19-16(18-12)21-7-10-5-20(6-11(10)8-21)15(23)9-3-4-9/h9-11H,2-8H2,1H3,(H,18,19,22). The van der Waals surface area contributed by atoms with Gasteiger partial charge in [0.25, 0.3) is 5.56 Å². The molecule has 0 aromatic carbocycles. The van der Waals surface area contributed by atoms with Crippen LogP contribution in [-0.2, 0) is 11.2 Å². The van der Waals surface area contributed by atoms with E-state index < -0.39 is 11.4 Å². The Morgan fingerprint density at radius 2 is 1.91 bits per heavy atom. The number of rotatable bonds is 3. The van der Waals surface area contributed by atoms with Crippen molar-refractivity contribution in [3.63, 3.8) is 0 Å². The van der Waals surface area contributed by atoms with Crippen molar-refractivity contribution in [3.8, 4) is 0 Å². The number of hydrogen-bond donors (Lipinski definition) is 1. The fraction of sp³-hybridized carbons (Fsp3) is 0.688. The monoisotopic (exact) mass is 320 g/mol. The summed E-state index contributed by atoms with van der Waals surface area (Å²) < 4.78 is 13.7. The van der Waals surface area contributed by atoms with Crippen LogP contribution in [0.25, 0.3) is 0 Å². The van der Waals surface area contributed by atoms with E-state index >= 15 is 0 Å². The van der Waals surface area contributed by atoms with Crippen molar-refractivity contribution < 1.29 is 9.18 Å². The number of hydrogen-bond acceptors (Lipinski definition) is 4. The highest BCUT2D eigenvalue weighted by atomic mass is 19.1. The Morgan fingerprint density at radius 3 is 2.48 bits per heavy atom. The Bertz CT molecular complexity index is 686. The molecule has 1 aliphatic carbocycles. The second-order valence-electron chi connectivity index (χ2n) is 6.95. The molecule has 2 aliphatic heterocycles. The minimum Gasteiger partial charge on any atom is -0.342 e. The summed E-state index contributed by atoms with van der Waals surface area (Å²) in [5, 5.41) is 0. The largest absolute Gasteiger partial charge is 0.342 e. The van der Waals surface area contributed by atoms with E-state index in [1.54, 1.807) is 6.92 Å². The average Bonchev–Trinajstić information content (AvgIpc) is 3.19. The van der Waals surface area contributed by atoms with Crippen LogP contribution in [0.2, 0.25) is 0 Å². The normalized spacial score (nSPS) is 26.7. The summed E-state index contributed by atoms with van der Waals surface area (Å²) in [5.41, 5.74) is -0.485. The Kier molecular flexibility index (Phi) is 3.39. The van der Waals surface area contributed by atoms with E-state index in [0.717, 1.165) is 39.0 Å². The summed E-state index contributed by atoms with van der Waals surface area (Å²) >= 11 is 0. The number of carbonyl (C=O) groups excluding carboxylic acids is 1. The lowest BCUT2D eigenvalue weighted by atomic mass is 10.0. The zero-order valence-electron chi connectivity index (χ0n) is 13.2. The molecule has 2 atom stereocenters. The number of carbonyl (C=O) groups is 1. The zero-order valence-corrected chi connectivity index (χ0v) is 13.2. The van der Waals surface area contributed by atoms with E-state index in [4.69, 9.17) is 0 Å². The van der Waals surface area contributed by atoms with Gasteiger partial charge in [-0.05, 0) is 19.3 Å². The van der Waals surface area contributed by atoms with Crippen molar-refractivity contribution >= 4 is 11.9 Å². The summed E-state index contributed by atoms with van der Waals surface area (Å²) in [6, 6.07) is 0. The van der Waals surface area contributed by atoms with Gasteiger partial charge >= 0.3 is 0 Å². The molecule has 124 valence electrons. The van der Waals surface area contributed by atoms with Crippen molar-refractivity contribution in [2.75, 3.05) is 31.1 Å². The molecule has 1 amide bonds. The molecule has 0 spiro atoms. The van der Waals surface area contributed by atoms with Gasteiger partial charge in [0.05, 0.1) is 5.69 Å². The number of anilines is 1. The summed E-state index contributed by atoms with van der Waals surface area (Å²) in [6.07, 6.45) is 2.47. The molecule has 0 radical (unpaired) electrons. The van der Waals surface area contributed by atoms with Crippen molar-refractivity contribution in [2.24, 2.45) is 17.8 Å². The van der Waals surface area contributed by atoms with Gasteiger partial charge in [-0.2, -0.15) is 4.39 Å². The zero-order chi connectivity index (χ0) is 16.1. The number of likely N-dealkylation sites (tertiary alicyclic amines) is 1. The number of fused-ring (bicyclic) bond motifs is 1. The predicted molar refractivity (Wildman–Crippen MR) is 82.7 cm³/mol. The molecular formula is C16H21FN4O2. The van der Waals surface area contributed by atoms with Crippen LogP contribution in [0.5, 0.6) is 0 Å². The van der Waals surface area contributed by atoms with Crippen LogP contribution in [0, 0.1) is 23.6 Å². The summed E-state index contributed by atoms with van der Waals surface area (Å²) in [5.74, 6) is 1.09. The Morgan fingerprint density at radius 1 is 1.26 bits per heavy atom. The highest BCUT2D eigenvalue weighted by Crippen LogP contribution is 2.37. The lowest BCUT2D eigenvalue weighted by Gasteiger charge is -2.22. The van der Waals surface area contributed by atoms with Crippen LogP contribution in [0.1, 0.15) is 25.5 Å². The molecule has 2 saturated heterocycles. The first-order chi connectivity index (χ1) is 11.1. The van der Waals surface area contributed by atoms with Gasteiger partial charge in [0.15, 0.2) is 0 Å². The van der Waals surface area contributed by atoms with Crippen molar-refractivity contribution in [2.45, 2.75) is 26.2 Å². The smallest absolute Gasteiger partial charge is 0.288 e. The Hall–Kier alpha value is -1.92. The minimum atomic E-state index is -0.781. The van der Waals surface area contributed by atoms with Gasteiger partial charge in [-0.15, -0.1) is 0 Å². The Labute approximate surface area is 133 Å². The number of aromatic amines is 1. The molecule has 1 saturated carbocycles. The number of amides is 1. The third-order valence-electron chi connectivity index (χ3n) is 5.28. The minimum absolute atomic E-state index is 0.214. The van der Waals surface area contributed by atoms with Crippen molar-refractivity contribution in [1.29, 1.82) is 0 Å². The van der Waals surface area contributed by atoms with E-state index in [-0.39, 0.29) is 11.6 Å². The predicted octanol–water partition coefficient (Wildman–Crippen LogP) is 0.776. The number of nitrogens with zero attached hydrogens (tertiary/aromatic N) is 3. The fourth-order valence-corrected chi connectivity index (χ4v) is 3.81. The first-order valence-corrected chi connectivity index (χ1v) is 8.39. The van der Waals surface area contributed by atoms with Gasteiger partial charge < -0.3 is 9.80 Å².